The Balaban J connectivity index is 2.32. The molecule has 2 rings (SSSR count). The van der Waals surface area contributed by atoms with Gasteiger partial charge in [-0.05, 0) is 32.3 Å². The van der Waals surface area contributed by atoms with E-state index < -0.39 is 10.0 Å². The standard InChI is InChI=1S/C14H20N2O2S2/c1-14(2)8-5-9-16(14)20(17,18)10-11-6-3-4-7-12(11)13(15)19/h3-4,6-7H,5,8-10H2,1-2H3,(H2,15,19). The molecule has 1 aromatic rings. The van der Waals surface area contributed by atoms with Gasteiger partial charge in [-0.2, -0.15) is 4.31 Å². The normalized spacial score (nSPS) is 19.1. The quantitative estimate of drug-likeness (QED) is 0.864. The molecular formula is C14H20N2O2S2. The Hall–Kier alpha value is -0.980. The van der Waals surface area contributed by atoms with Crippen LogP contribution in [0.5, 0.6) is 0 Å². The predicted molar refractivity (Wildman–Crippen MR) is 85.0 cm³/mol. The second-order valence-electron chi connectivity index (χ2n) is 5.77. The molecule has 20 heavy (non-hydrogen) atoms. The molecule has 1 aliphatic rings. The minimum absolute atomic E-state index is 0.0516. The monoisotopic (exact) mass is 312 g/mol. The van der Waals surface area contributed by atoms with Crippen LogP contribution in [-0.4, -0.2) is 29.8 Å². The van der Waals surface area contributed by atoms with Crippen molar-refractivity contribution in [1.82, 2.24) is 4.31 Å². The number of nitrogens with zero attached hydrogens (tertiary/aromatic N) is 1. The van der Waals surface area contributed by atoms with Crippen molar-refractivity contribution in [1.29, 1.82) is 0 Å². The summed E-state index contributed by atoms with van der Waals surface area (Å²) in [5.74, 6) is -0.0516. The average Bonchev–Trinajstić information content (AvgIpc) is 2.69. The van der Waals surface area contributed by atoms with Gasteiger partial charge in [-0.25, -0.2) is 8.42 Å². The van der Waals surface area contributed by atoms with Crippen molar-refractivity contribution in [2.24, 2.45) is 5.73 Å². The first-order chi connectivity index (χ1) is 9.24. The first-order valence-electron chi connectivity index (χ1n) is 6.62. The van der Waals surface area contributed by atoms with E-state index in [1.54, 1.807) is 16.4 Å². The van der Waals surface area contributed by atoms with Crippen LogP contribution in [0.25, 0.3) is 0 Å². The maximum atomic E-state index is 12.6. The summed E-state index contributed by atoms with van der Waals surface area (Å²) in [7, 11) is -3.36. The fourth-order valence-electron chi connectivity index (χ4n) is 2.76. The third-order valence-corrected chi connectivity index (χ3v) is 6.03. The Labute approximate surface area is 126 Å². The predicted octanol–water partition coefficient (Wildman–Crippen LogP) is 2.02. The van der Waals surface area contributed by atoms with Crippen molar-refractivity contribution in [2.75, 3.05) is 6.54 Å². The second-order valence-corrected chi connectivity index (χ2v) is 8.10. The van der Waals surface area contributed by atoms with Crippen LogP contribution in [-0.2, 0) is 15.8 Å². The molecule has 0 saturated carbocycles. The van der Waals surface area contributed by atoms with Gasteiger partial charge in [0.05, 0.1) is 5.75 Å². The molecule has 0 bridgehead atoms. The molecule has 0 radical (unpaired) electrons. The van der Waals surface area contributed by atoms with Crippen LogP contribution in [0.15, 0.2) is 24.3 Å². The van der Waals surface area contributed by atoms with Crippen molar-refractivity contribution in [3.63, 3.8) is 0 Å². The Bertz CT molecular complexity index is 624. The van der Waals surface area contributed by atoms with Crippen molar-refractivity contribution in [3.8, 4) is 0 Å². The van der Waals surface area contributed by atoms with E-state index in [-0.39, 0.29) is 16.3 Å². The highest BCUT2D eigenvalue weighted by molar-refractivity contribution is 7.88. The summed E-state index contributed by atoms with van der Waals surface area (Å²) in [5.41, 5.74) is 6.67. The number of sulfonamides is 1. The van der Waals surface area contributed by atoms with Gasteiger partial charge in [-0.1, -0.05) is 36.5 Å². The minimum Gasteiger partial charge on any atom is -0.389 e. The lowest BCUT2D eigenvalue weighted by Crippen LogP contribution is -2.43. The highest BCUT2D eigenvalue weighted by Gasteiger charge is 2.40. The molecule has 1 fully saturated rings. The molecule has 1 aromatic carbocycles. The summed E-state index contributed by atoms with van der Waals surface area (Å²) in [6.07, 6.45) is 1.80. The molecule has 1 heterocycles. The van der Waals surface area contributed by atoms with E-state index in [4.69, 9.17) is 18.0 Å². The Morgan fingerprint density at radius 3 is 2.60 bits per heavy atom. The second kappa shape index (κ2) is 5.42. The molecule has 1 saturated heterocycles. The fourth-order valence-corrected chi connectivity index (χ4v) is 5.01. The summed E-state index contributed by atoms with van der Waals surface area (Å²) < 4.78 is 26.9. The zero-order valence-corrected chi connectivity index (χ0v) is 13.4. The molecule has 0 aromatic heterocycles. The molecule has 2 N–H and O–H groups in total. The smallest absolute Gasteiger partial charge is 0.218 e. The van der Waals surface area contributed by atoms with E-state index in [1.165, 1.54) is 0 Å². The van der Waals surface area contributed by atoms with Crippen LogP contribution in [0.3, 0.4) is 0 Å². The number of nitrogens with two attached hydrogens (primary N) is 1. The van der Waals surface area contributed by atoms with Crippen LogP contribution in [0, 0.1) is 0 Å². The van der Waals surface area contributed by atoms with Crippen LogP contribution < -0.4 is 5.73 Å². The highest BCUT2D eigenvalue weighted by atomic mass is 32.2. The van der Waals surface area contributed by atoms with Crippen LogP contribution in [0.1, 0.15) is 37.8 Å². The van der Waals surface area contributed by atoms with Crippen molar-refractivity contribution < 1.29 is 8.42 Å². The lowest BCUT2D eigenvalue weighted by molar-refractivity contribution is 0.291. The molecule has 110 valence electrons. The number of hydrogen-bond acceptors (Lipinski definition) is 3. The maximum Gasteiger partial charge on any atom is 0.218 e. The van der Waals surface area contributed by atoms with Gasteiger partial charge in [-0.15, -0.1) is 0 Å². The van der Waals surface area contributed by atoms with Crippen LogP contribution in [0.2, 0.25) is 0 Å². The molecule has 0 spiro atoms. The van der Waals surface area contributed by atoms with Gasteiger partial charge in [0, 0.05) is 17.6 Å². The van der Waals surface area contributed by atoms with E-state index in [1.807, 2.05) is 26.0 Å². The molecular weight excluding hydrogens is 292 g/mol. The van der Waals surface area contributed by atoms with E-state index >= 15 is 0 Å². The number of thiocarbonyl (C=S) groups is 1. The van der Waals surface area contributed by atoms with E-state index in [0.717, 1.165) is 12.8 Å². The number of hydrogen-bond donors (Lipinski definition) is 1. The first-order valence-corrected chi connectivity index (χ1v) is 8.64. The lowest BCUT2D eigenvalue weighted by atomic mass is 10.0. The Morgan fingerprint density at radius 1 is 1.40 bits per heavy atom. The summed E-state index contributed by atoms with van der Waals surface area (Å²) in [5, 5.41) is 0. The third-order valence-electron chi connectivity index (χ3n) is 3.78. The molecule has 1 aliphatic heterocycles. The maximum absolute atomic E-state index is 12.6. The fraction of sp³-hybridized carbons (Fsp3) is 0.500. The molecule has 6 heteroatoms. The van der Waals surface area contributed by atoms with Gasteiger partial charge in [0.1, 0.15) is 4.99 Å². The third kappa shape index (κ3) is 3.02. The number of benzene rings is 1. The highest BCUT2D eigenvalue weighted by Crippen LogP contribution is 2.32. The first kappa shape index (κ1) is 15.4. The zero-order valence-electron chi connectivity index (χ0n) is 11.8. The average molecular weight is 312 g/mol. The van der Waals surface area contributed by atoms with Gasteiger partial charge >= 0.3 is 0 Å². The van der Waals surface area contributed by atoms with Crippen molar-refractivity contribution in [3.05, 3.63) is 35.4 Å². The molecule has 0 aliphatic carbocycles. The molecule has 0 atom stereocenters. The Morgan fingerprint density at radius 2 is 2.05 bits per heavy atom. The van der Waals surface area contributed by atoms with E-state index in [9.17, 15) is 8.42 Å². The molecule has 4 nitrogen and oxygen atoms in total. The van der Waals surface area contributed by atoms with E-state index in [2.05, 4.69) is 0 Å². The van der Waals surface area contributed by atoms with Crippen molar-refractivity contribution in [2.45, 2.75) is 38.0 Å². The summed E-state index contributed by atoms with van der Waals surface area (Å²) in [6.45, 7) is 4.53. The summed E-state index contributed by atoms with van der Waals surface area (Å²) >= 11 is 4.99. The van der Waals surface area contributed by atoms with Gasteiger partial charge < -0.3 is 5.73 Å². The van der Waals surface area contributed by atoms with Crippen molar-refractivity contribution >= 4 is 27.2 Å². The lowest BCUT2D eigenvalue weighted by Gasteiger charge is -2.30. The molecule has 0 unspecified atom stereocenters. The Kier molecular flexibility index (Phi) is 4.18. The topological polar surface area (TPSA) is 63.4 Å². The summed E-state index contributed by atoms with van der Waals surface area (Å²) in [4.78, 5) is 0.233. The largest absolute Gasteiger partial charge is 0.389 e. The molecule has 0 amide bonds. The summed E-state index contributed by atoms with van der Waals surface area (Å²) in [6, 6.07) is 7.16. The van der Waals surface area contributed by atoms with Gasteiger partial charge in [0.2, 0.25) is 10.0 Å². The zero-order chi connectivity index (χ0) is 15.0. The van der Waals surface area contributed by atoms with Crippen LogP contribution >= 0.6 is 12.2 Å². The minimum atomic E-state index is -3.36. The van der Waals surface area contributed by atoms with E-state index in [0.29, 0.717) is 17.7 Å². The SMILES string of the molecule is CC1(C)CCCN1S(=O)(=O)Cc1ccccc1C(N)=S. The van der Waals surface area contributed by atoms with Crippen LogP contribution in [0.4, 0.5) is 0 Å². The van der Waals surface area contributed by atoms with Gasteiger partial charge in [-0.3, -0.25) is 0 Å². The van der Waals surface area contributed by atoms with Gasteiger partial charge in [0.15, 0.2) is 0 Å². The number of rotatable bonds is 4. The van der Waals surface area contributed by atoms with Gasteiger partial charge in [0.25, 0.3) is 0 Å².